The molecule has 1 aliphatic carbocycles. The fourth-order valence-electron chi connectivity index (χ4n) is 2.00. The minimum absolute atomic E-state index is 0.115. The lowest BCUT2D eigenvalue weighted by Gasteiger charge is -2.21. The van der Waals surface area contributed by atoms with Gasteiger partial charge in [0.05, 0.1) is 14.2 Å². The molecule has 0 aromatic carbocycles. The van der Waals surface area contributed by atoms with Crippen LogP contribution in [-0.4, -0.2) is 31.0 Å². The van der Waals surface area contributed by atoms with E-state index in [-0.39, 0.29) is 5.78 Å². The molecule has 0 amide bonds. The molecule has 5 heteroatoms. The first-order valence-corrected chi connectivity index (χ1v) is 5.31. The van der Waals surface area contributed by atoms with E-state index in [4.69, 9.17) is 4.74 Å². The predicted octanol–water partition coefficient (Wildman–Crippen LogP) is 0.862. The molecule has 1 atom stereocenters. The molecule has 2 rings (SSSR count). The number of ketones is 1. The summed E-state index contributed by atoms with van der Waals surface area (Å²) in [5, 5.41) is 0. The Labute approximate surface area is 98.7 Å². The number of esters is 1. The molecule has 0 saturated carbocycles. The maximum Gasteiger partial charge on any atom is 0.320 e. The third-order valence-corrected chi connectivity index (χ3v) is 2.87. The van der Waals surface area contributed by atoms with Crippen LogP contribution in [0.15, 0.2) is 12.1 Å². The van der Waals surface area contributed by atoms with Crippen molar-refractivity contribution in [2.24, 2.45) is 0 Å². The van der Waals surface area contributed by atoms with Crippen molar-refractivity contribution < 1.29 is 19.1 Å². The van der Waals surface area contributed by atoms with Crippen LogP contribution in [0.25, 0.3) is 0 Å². The Bertz CT molecular complexity index is 470. The average molecular weight is 235 g/mol. The van der Waals surface area contributed by atoms with Crippen LogP contribution in [-0.2, 0) is 20.7 Å². The number of hydrogen-bond acceptors (Lipinski definition) is 5. The number of hydrogen-bond donors (Lipinski definition) is 0. The first-order chi connectivity index (χ1) is 8.17. The molecule has 0 aliphatic heterocycles. The van der Waals surface area contributed by atoms with Crippen molar-refractivity contribution in [2.45, 2.75) is 18.8 Å². The van der Waals surface area contributed by atoms with Gasteiger partial charge < -0.3 is 9.47 Å². The Morgan fingerprint density at radius 3 is 2.76 bits per heavy atom. The second-order valence-corrected chi connectivity index (χ2v) is 3.81. The molecule has 0 saturated heterocycles. The number of ether oxygens (including phenoxy) is 2. The maximum absolute atomic E-state index is 11.8. The van der Waals surface area contributed by atoms with Crippen molar-refractivity contribution in [3.8, 4) is 5.88 Å². The molecule has 90 valence electrons. The number of aryl methyl sites for hydroxylation is 1. The minimum Gasteiger partial charge on any atom is -0.481 e. The highest BCUT2D eigenvalue weighted by Crippen LogP contribution is 2.30. The number of carbonyl (C=O) groups excluding carboxylic acids is 2. The van der Waals surface area contributed by atoms with Gasteiger partial charge in [-0.15, -0.1) is 0 Å². The number of methoxy groups -OCH3 is 2. The third-order valence-electron chi connectivity index (χ3n) is 2.87. The second-order valence-electron chi connectivity index (χ2n) is 3.81. The van der Waals surface area contributed by atoms with Crippen molar-refractivity contribution in [1.29, 1.82) is 0 Å². The summed E-state index contributed by atoms with van der Waals surface area (Å²) in [7, 11) is 2.81. The molecule has 1 heterocycles. The average Bonchev–Trinajstić information content (AvgIpc) is 2.37. The highest BCUT2D eigenvalue weighted by atomic mass is 16.5. The van der Waals surface area contributed by atoms with Crippen LogP contribution in [0.1, 0.15) is 23.6 Å². The Kier molecular flexibility index (Phi) is 3.08. The van der Waals surface area contributed by atoms with Gasteiger partial charge in [0.2, 0.25) is 5.88 Å². The number of fused-ring (bicyclic) bond motifs is 1. The quantitative estimate of drug-likeness (QED) is 0.562. The molecule has 0 bridgehead atoms. The van der Waals surface area contributed by atoms with Crippen LogP contribution in [0.4, 0.5) is 0 Å². The Balaban J connectivity index is 2.45. The summed E-state index contributed by atoms with van der Waals surface area (Å²) in [6.45, 7) is 0. The number of rotatable bonds is 2. The largest absolute Gasteiger partial charge is 0.481 e. The van der Waals surface area contributed by atoms with Gasteiger partial charge in [0, 0.05) is 18.2 Å². The van der Waals surface area contributed by atoms with Crippen LogP contribution in [0.2, 0.25) is 0 Å². The van der Waals surface area contributed by atoms with Gasteiger partial charge in [-0.05, 0) is 12.0 Å². The fourth-order valence-corrected chi connectivity index (χ4v) is 2.00. The zero-order valence-electron chi connectivity index (χ0n) is 9.73. The van der Waals surface area contributed by atoms with Gasteiger partial charge in [0.25, 0.3) is 0 Å². The molecule has 1 aliphatic rings. The zero-order chi connectivity index (χ0) is 12.4. The number of pyridine rings is 1. The Hall–Kier alpha value is -1.91. The zero-order valence-corrected chi connectivity index (χ0v) is 9.73. The summed E-state index contributed by atoms with van der Waals surface area (Å²) in [4.78, 5) is 27.6. The van der Waals surface area contributed by atoms with Gasteiger partial charge in [-0.25, -0.2) is 4.98 Å². The lowest BCUT2D eigenvalue weighted by atomic mass is 9.84. The minimum atomic E-state index is -0.831. The number of Topliss-reactive ketones (excluding diaryl/α,β-unsaturated/α-hetero) is 1. The van der Waals surface area contributed by atoms with E-state index in [0.717, 1.165) is 5.69 Å². The standard InChI is InChI=1S/C12H13NO4/c1-16-10-6-3-7-8(13-10)4-5-9(14)11(7)12(15)17-2/h3,6,11H,4-5H2,1-2H3. The van der Waals surface area contributed by atoms with E-state index in [1.807, 2.05) is 0 Å². The second kappa shape index (κ2) is 4.53. The van der Waals surface area contributed by atoms with Crippen LogP contribution in [0, 0.1) is 0 Å². The van der Waals surface area contributed by atoms with E-state index in [1.165, 1.54) is 14.2 Å². The Morgan fingerprint density at radius 1 is 1.35 bits per heavy atom. The normalized spacial score (nSPS) is 18.5. The number of nitrogens with zero attached hydrogens (tertiary/aromatic N) is 1. The molecule has 0 spiro atoms. The summed E-state index contributed by atoms with van der Waals surface area (Å²) in [6.07, 6.45) is 0.853. The van der Waals surface area contributed by atoms with Crippen molar-refractivity contribution in [3.63, 3.8) is 0 Å². The lowest BCUT2D eigenvalue weighted by Crippen LogP contribution is -2.28. The third kappa shape index (κ3) is 2.00. The molecule has 17 heavy (non-hydrogen) atoms. The highest BCUT2D eigenvalue weighted by Gasteiger charge is 2.35. The Morgan fingerprint density at radius 2 is 2.12 bits per heavy atom. The summed E-state index contributed by atoms with van der Waals surface area (Å²) < 4.78 is 9.67. The van der Waals surface area contributed by atoms with Crippen molar-refractivity contribution >= 4 is 11.8 Å². The molecule has 1 unspecified atom stereocenters. The molecule has 5 nitrogen and oxygen atoms in total. The van der Waals surface area contributed by atoms with E-state index in [0.29, 0.717) is 24.3 Å². The van der Waals surface area contributed by atoms with Crippen LogP contribution >= 0.6 is 0 Å². The van der Waals surface area contributed by atoms with Crippen molar-refractivity contribution in [2.75, 3.05) is 14.2 Å². The van der Waals surface area contributed by atoms with Gasteiger partial charge >= 0.3 is 5.97 Å². The van der Waals surface area contributed by atoms with E-state index in [1.54, 1.807) is 12.1 Å². The molecule has 0 fully saturated rings. The smallest absolute Gasteiger partial charge is 0.320 e. The molecular weight excluding hydrogens is 222 g/mol. The van der Waals surface area contributed by atoms with Gasteiger partial charge in [-0.3, -0.25) is 9.59 Å². The fraction of sp³-hybridized carbons (Fsp3) is 0.417. The van der Waals surface area contributed by atoms with Gasteiger partial charge in [-0.1, -0.05) is 6.07 Å². The summed E-state index contributed by atoms with van der Waals surface area (Å²) in [5.74, 6) is -0.983. The van der Waals surface area contributed by atoms with Crippen LogP contribution < -0.4 is 4.74 Å². The van der Waals surface area contributed by atoms with E-state index >= 15 is 0 Å². The SMILES string of the molecule is COC(=O)C1C(=O)CCc2nc(OC)ccc21. The number of aromatic nitrogens is 1. The first kappa shape index (κ1) is 11.6. The van der Waals surface area contributed by atoms with Crippen LogP contribution in [0.3, 0.4) is 0 Å². The van der Waals surface area contributed by atoms with Gasteiger partial charge in [0.1, 0.15) is 5.92 Å². The van der Waals surface area contributed by atoms with Gasteiger partial charge in [-0.2, -0.15) is 0 Å². The number of carbonyl (C=O) groups is 2. The van der Waals surface area contributed by atoms with Gasteiger partial charge in [0.15, 0.2) is 5.78 Å². The molecule has 0 N–H and O–H groups in total. The molecular formula is C12H13NO4. The molecule has 1 aromatic heterocycles. The molecule has 0 radical (unpaired) electrons. The van der Waals surface area contributed by atoms with Crippen molar-refractivity contribution in [3.05, 3.63) is 23.4 Å². The topological polar surface area (TPSA) is 65.5 Å². The monoisotopic (exact) mass is 235 g/mol. The van der Waals surface area contributed by atoms with E-state index in [9.17, 15) is 9.59 Å². The predicted molar refractivity (Wildman–Crippen MR) is 58.9 cm³/mol. The first-order valence-electron chi connectivity index (χ1n) is 5.31. The summed E-state index contributed by atoms with van der Waals surface area (Å²) >= 11 is 0. The van der Waals surface area contributed by atoms with Crippen molar-refractivity contribution in [1.82, 2.24) is 4.98 Å². The summed E-state index contributed by atoms with van der Waals surface area (Å²) in [6, 6.07) is 3.35. The summed E-state index contributed by atoms with van der Waals surface area (Å²) in [5.41, 5.74) is 1.37. The van der Waals surface area contributed by atoms with E-state index in [2.05, 4.69) is 9.72 Å². The maximum atomic E-state index is 11.8. The lowest BCUT2D eigenvalue weighted by molar-refractivity contribution is -0.146. The van der Waals surface area contributed by atoms with Crippen LogP contribution in [0.5, 0.6) is 5.88 Å². The molecule has 1 aromatic rings. The highest BCUT2D eigenvalue weighted by molar-refractivity contribution is 6.05. The van der Waals surface area contributed by atoms with E-state index < -0.39 is 11.9 Å².